The van der Waals surface area contributed by atoms with Crippen molar-refractivity contribution < 1.29 is 9.53 Å². The summed E-state index contributed by atoms with van der Waals surface area (Å²) in [5, 5.41) is 0. The molecule has 2 rings (SSSR count). The number of anilines is 2. The number of ether oxygens (including phenoxy) is 1. The fourth-order valence-corrected chi connectivity index (χ4v) is 1.98. The molecular formula is C18H22N2O2. The van der Waals surface area contributed by atoms with Crippen molar-refractivity contribution in [2.45, 2.75) is 40.2 Å². The summed E-state index contributed by atoms with van der Waals surface area (Å²) in [6.07, 6.45) is 1.26. The molecule has 1 aromatic carbocycles. The van der Waals surface area contributed by atoms with E-state index in [0.29, 0.717) is 5.82 Å². The summed E-state index contributed by atoms with van der Waals surface area (Å²) in [5.41, 5.74) is 2.33. The topological polar surface area (TPSA) is 42.4 Å². The normalized spacial score (nSPS) is 11.1. The molecule has 0 aliphatic carbocycles. The lowest BCUT2D eigenvalue weighted by molar-refractivity contribution is 0.0598. The van der Waals surface area contributed by atoms with Gasteiger partial charge in [-0.2, -0.15) is 0 Å². The predicted molar refractivity (Wildman–Crippen MR) is 88.5 cm³/mol. The van der Waals surface area contributed by atoms with Crippen LogP contribution >= 0.6 is 0 Å². The Morgan fingerprint density at radius 1 is 1.05 bits per heavy atom. The van der Waals surface area contributed by atoms with E-state index in [1.54, 1.807) is 6.20 Å². The highest BCUT2D eigenvalue weighted by atomic mass is 16.6. The monoisotopic (exact) mass is 298 g/mol. The first-order valence-electron chi connectivity index (χ1n) is 7.29. The maximum absolute atomic E-state index is 12.6. The average molecular weight is 298 g/mol. The van der Waals surface area contributed by atoms with Crippen LogP contribution in [-0.2, 0) is 4.74 Å². The van der Waals surface area contributed by atoms with Gasteiger partial charge in [-0.05, 0) is 64.4 Å². The molecule has 22 heavy (non-hydrogen) atoms. The summed E-state index contributed by atoms with van der Waals surface area (Å²) >= 11 is 0. The van der Waals surface area contributed by atoms with Crippen molar-refractivity contribution in [2.75, 3.05) is 4.90 Å². The lowest BCUT2D eigenvalue weighted by Crippen LogP contribution is -2.34. The molecule has 0 bridgehead atoms. The molecule has 0 unspecified atom stereocenters. The number of benzene rings is 1. The number of nitrogens with zero attached hydrogens (tertiary/aromatic N) is 2. The van der Waals surface area contributed by atoms with E-state index in [1.165, 1.54) is 4.90 Å². The smallest absolute Gasteiger partial charge is 0.420 e. The molecule has 1 heterocycles. The van der Waals surface area contributed by atoms with Gasteiger partial charge in [-0.3, -0.25) is 0 Å². The molecule has 0 saturated heterocycles. The third-order valence-electron chi connectivity index (χ3n) is 3.00. The summed E-state index contributed by atoms with van der Waals surface area (Å²) in [7, 11) is 0. The van der Waals surface area contributed by atoms with Crippen LogP contribution in [0.2, 0.25) is 0 Å². The van der Waals surface area contributed by atoms with Gasteiger partial charge in [0.2, 0.25) is 0 Å². The average Bonchev–Trinajstić information content (AvgIpc) is 2.39. The quantitative estimate of drug-likeness (QED) is 0.802. The summed E-state index contributed by atoms with van der Waals surface area (Å²) in [6, 6.07) is 11.5. The number of carbonyl (C=O) groups is 1. The highest BCUT2D eigenvalue weighted by Crippen LogP contribution is 2.27. The van der Waals surface area contributed by atoms with Gasteiger partial charge in [0.15, 0.2) is 0 Å². The van der Waals surface area contributed by atoms with E-state index in [2.05, 4.69) is 4.98 Å². The summed E-state index contributed by atoms with van der Waals surface area (Å²) < 4.78 is 5.53. The van der Waals surface area contributed by atoms with Crippen LogP contribution in [0.25, 0.3) is 0 Å². The Kier molecular flexibility index (Phi) is 4.50. The third kappa shape index (κ3) is 4.07. The van der Waals surface area contributed by atoms with Crippen molar-refractivity contribution in [1.29, 1.82) is 0 Å². The minimum absolute atomic E-state index is 0.436. The number of carbonyl (C=O) groups excluding carboxylic acids is 1. The molecule has 4 heteroatoms. The second-order valence-electron chi connectivity index (χ2n) is 6.34. The van der Waals surface area contributed by atoms with Gasteiger partial charge in [-0.15, -0.1) is 0 Å². The zero-order chi connectivity index (χ0) is 16.3. The van der Waals surface area contributed by atoms with Gasteiger partial charge in [-0.1, -0.05) is 17.7 Å². The second-order valence-corrected chi connectivity index (χ2v) is 6.34. The van der Waals surface area contributed by atoms with Crippen molar-refractivity contribution in [1.82, 2.24) is 4.98 Å². The summed E-state index contributed by atoms with van der Waals surface area (Å²) in [6.45, 7) is 9.52. The molecule has 0 spiro atoms. The number of aryl methyl sites for hydroxylation is 2. The Balaban J connectivity index is 2.45. The Bertz CT molecular complexity index is 658. The Labute approximate surface area is 131 Å². The molecule has 2 aromatic rings. The van der Waals surface area contributed by atoms with Crippen LogP contribution in [0.5, 0.6) is 0 Å². The maximum Gasteiger partial charge on any atom is 0.420 e. The molecule has 4 nitrogen and oxygen atoms in total. The van der Waals surface area contributed by atoms with Crippen LogP contribution in [0.1, 0.15) is 31.9 Å². The number of hydrogen-bond donors (Lipinski definition) is 0. The second kappa shape index (κ2) is 6.18. The first-order chi connectivity index (χ1) is 10.3. The molecule has 0 fully saturated rings. The van der Waals surface area contributed by atoms with Crippen LogP contribution in [0.4, 0.5) is 16.3 Å². The van der Waals surface area contributed by atoms with E-state index < -0.39 is 11.7 Å². The molecule has 1 aromatic heterocycles. The molecule has 0 radical (unpaired) electrons. The predicted octanol–water partition coefficient (Wildman–Crippen LogP) is 4.77. The number of pyridine rings is 1. The molecule has 1 amide bonds. The lowest BCUT2D eigenvalue weighted by atomic mass is 10.2. The van der Waals surface area contributed by atoms with E-state index in [9.17, 15) is 4.79 Å². The molecule has 0 atom stereocenters. The minimum atomic E-state index is -0.566. The van der Waals surface area contributed by atoms with Gasteiger partial charge in [-0.25, -0.2) is 14.7 Å². The summed E-state index contributed by atoms with van der Waals surface area (Å²) in [5.74, 6) is 0.554. The standard InChI is InChI=1S/C18H22N2O2/c1-13-6-8-15(9-7-13)20(17(21)22-18(3,4)5)16-12-14(2)10-11-19-16/h6-12H,1-5H3. The molecule has 116 valence electrons. The Morgan fingerprint density at radius 2 is 1.68 bits per heavy atom. The minimum Gasteiger partial charge on any atom is -0.443 e. The molecule has 0 aliphatic rings. The van der Waals surface area contributed by atoms with Crippen LogP contribution in [0.15, 0.2) is 42.6 Å². The zero-order valence-electron chi connectivity index (χ0n) is 13.8. The van der Waals surface area contributed by atoms with Gasteiger partial charge in [0.1, 0.15) is 11.4 Å². The summed E-state index contributed by atoms with van der Waals surface area (Å²) in [4.78, 5) is 18.4. The Hall–Kier alpha value is -2.36. The van der Waals surface area contributed by atoms with E-state index in [4.69, 9.17) is 4.74 Å². The zero-order valence-corrected chi connectivity index (χ0v) is 13.8. The van der Waals surface area contributed by atoms with Gasteiger partial charge in [0.25, 0.3) is 0 Å². The van der Waals surface area contributed by atoms with Gasteiger partial charge in [0, 0.05) is 6.20 Å². The fraction of sp³-hybridized carbons (Fsp3) is 0.333. The van der Waals surface area contributed by atoms with Crippen molar-refractivity contribution >= 4 is 17.6 Å². The SMILES string of the molecule is Cc1ccc(N(C(=O)OC(C)(C)C)c2cc(C)ccn2)cc1. The Morgan fingerprint density at radius 3 is 2.23 bits per heavy atom. The number of amides is 1. The van der Waals surface area contributed by atoms with Crippen LogP contribution in [0.3, 0.4) is 0 Å². The van der Waals surface area contributed by atoms with Crippen molar-refractivity contribution in [3.63, 3.8) is 0 Å². The van der Waals surface area contributed by atoms with Crippen LogP contribution < -0.4 is 4.90 Å². The van der Waals surface area contributed by atoms with Crippen molar-refractivity contribution in [2.24, 2.45) is 0 Å². The molecule has 0 aliphatic heterocycles. The highest BCUT2D eigenvalue weighted by Gasteiger charge is 2.25. The number of rotatable bonds is 2. The van der Waals surface area contributed by atoms with Crippen LogP contribution in [-0.4, -0.2) is 16.7 Å². The number of aromatic nitrogens is 1. The van der Waals surface area contributed by atoms with Gasteiger partial charge >= 0.3 is 6.09 Å². The largest absolute Gasteiger partial charge is 0.443 e. The highest BCUT2D eigenvalue weighted by molar-refractivity contribution is 5.95. The molecule has 0 saturated carbocycles. The van der Waals surface area contributed by atoms with Gasteiger partial charge in [0.05, 0.1) is 5.69 Å². The van der Waals surface area contributed by atoms with Crippen LogP contribution in [0, 0.1) is 13.8 Å². The van der Waals surface area contributed by atoms with Crippen molar-refractivity contribution in [3.05, 3.63) is 53.7 Å². The molecule has 0 N–H and O–H groups in total. The van der Waals surface area contributed by atoms with E-state index in [0.717, 1.165) is 16.8 Å². The van der Waals surface area contributed by atoms with E-state index in [1.807, 2.05) is 71.0 Å². The van der Waals surface area contributed by atoms with E-state index in [-0.39, 0.29) is 0 Å². The molecular weight excluding hydrogens is 276 g/mol. The number of hydrogen-bond acceptors (Lipinski definition) is 3. The van der Waals surface area contributed by atoms with E-state index >= 15 is 0 Å². The fourth-order valence-electron chi connectivity index (χ4n) is 1.98. The first-order valence-corrected chi connectivity index (χ1v) is 7.29. The van der Waals surface area contributed by atoms with Crippen molar-refractivity contribution in [3.8, 4) is 0 Å². The third-order valence-corrected chi connectivity index (χ3v) is 3.00. The lowest BCUT2D eigenvalue weighted by Gasteiger charge is -2.27. The van der Waals surface area contributed by atoms with Gasteiger partial charge < -0.3 is 4.74 Å². The maximum atomic E-state index is 12.6. The first kappa shape index (κ1) is 16.0.